The maximum Gasteiger partial charge on any atom is 0.488 e. The molecule has 1 heterocycles. The van der Waals surface area contributed by atoms with Crippen LogP contribution in [0.4, 0.5) is 8.78 Å². The van der Waals surface area contributed by atoms with E-state index in [-0.39, 0.29) is 16.7 Å². The van der Waals surface area contributed by atoms with Crippen LogP contribution in [0.15, 0.2) is 30.5 Å². The number of halogens is 2. The second-order valence-electron chi connectivity index (χ2n) is 3.90. The molecule has 2 N–H and O–H groups in total. The third-order valence-corrected chi connectivity index (χ3v) is 2.65. The summed E-state index contributed by atoms with van der Waals surface area (Å²) in [6, 6.07) is 5.08. The first kappa shape index (κ1) is 12.7. The number of hydrogen-bond donors (Lipinski definition) is 2. The van der Waals surface area contributed by atoms with Crippen molar-refractivity contribution in [2.45, 2.75) is 6.92 Å². The van der Waals surface area contributed by atoms with Gasteiger partial charge in [-0.05, 0) is 36.1 Å². The minimum absolute atomic E-state index is 0.0168. The number of benzene rings is 1. The normalized spacial score (nSPS) is 10.5. The van der Waals surface area contributed by atoms with Crippen LogP contribution in [0.2, 0.25) is 0 Å². The molecule has 0 fully saturated rings. The van der Waals surface area contributed by atoms with Crippen LogP contribution in [0.3, 0.4) is 0 Å². The van der Waals surface area contributed by atoms with Gasteiger partial charge in [-0.25, -0.2) is 8.78 Å². The van der Waals surface area contributed by atoms with Crippen LogP contribution in [0, 0.1) is 18.6 Å². The maximum absolute atomic E-state index is 13.6. The lowest BCUT2D eigenvalue weighted by molar-refractivity contribution is 0.425. The van der Waals surface area contributed by atoms with Gasteiger partial charge in [-0.2, -0.15) is 0 Å². The van der Waals surface area contributed by atoms with Gasteiger partial charge in [-0.3, -0.25) is 4.98 Å². The zero-order chi connectivity index (χ0) is 13.3. The summed E-state index contributed by atoms with van der Waals surface area (Å²) in [4.78, 5) is 3.96. The van der Waals surface area contributed by atoms with Gasteiger partial charge in [0, 0.05) is 11.8 Å². The fourth-order valence-corrected chi connectivity index (χ4v) is 1.67. The Kier molecular flexibility index (Phi) is 3.40. The number of aromatic nitrogens is 1. The highest BCUT2D eigenvalue weighted by atomic mass is 19.2. The summed E-state index contributed by atoms with van der Waals surface area (Å²) in [6.45, 7) is 1.65. The first-order chi connectivity index (χ1) is 8.50. The number of aryl methyl sites for hydroxylation is 1. The van der Waals surface area contributed by atoms with Crippen molar-refractivity contribution in [3.05, 3.63) is 47.7 Å². The zero-order valence-corrected chi connectivity index (χ0v) is 9.56. The summed E-state index contributed by atoms with van der Waals surface area (Å²) in [5.74, 6) is -1.98. The van der Waals surface area contributed by atoms with Crippen molar-refractivity contribution in [1.29, 1.82) is 0 Å². The molecule has 0 bridgehead atoms. The fourth-order valence-electron chi connectivity index (χ4n) is 1.67. The van der Waals surface area contributed by atoms with Gasteiger partial charge >= 0.3 is 7.12 Å². The van der Waals surface area contributed by atoms with Crippen molar-refractivity contribution in [1.82, 2.24) is 4.98 Å². The van der Waals surface area contributed by atoms with E-state index in [1.807, 2.05) is 0 Å². The van der Waals surface area contributed by atoms with Gasteiger partial charge in [0.25, 0.3) is 0 Å². The minimum Gasteiger partial charge on any atom is -0.423 e. The first-order valence-electron chi connectivity index (χ1n) is 5.27. The molecule has 0 amide bonds. The Morgan fingerprint density at radius 1 is 1.22 bits per heavy atom. The van der Waals surface area contributed by atoms with Crippen LogP contribution >= 0.6 is 0 Å². The van der Waals surface area contributed by atoms with Crippen LogP contribution in [-0.2, 0) is 0 Å². The molecule has 0 unspecified atom stereocenters. The summed E-state index contributed by atoms with van der Waals surface area (Å²) >= 11 is 0. The van der Waals surface area contributed by atoms with Gasteiger partial charge in [0.15, 0.2) is 11.6 Å². The number of pyridine rings is 1. The van der Waals surface area contributed by atoms with Crippen LogP contribution in [0.5, 0.6) is 0 Å². The topological polar surface area (TPSA) is 53.4 Å². The average molecular weight is 249 g/mol. The van der Waals surface area contributed by atoms with Gasteiger partial charge in [0.1, 0.15) is 0 Å². The molecule has 92 valence electrons. The lowest BCUT2D eigenvalue weighted by Gasteiger charge is -2.08. The van der Waals surface area contributed by atoms with E-state index in [1.165, 1.54) is 24.4 Å². The Bertz CT molecular complexity index is 590. The van der Waals surface area contributed by atoms with E-state index >= 15 is 0 Å². The molecule has 1 aromatic carbocycles. The van der Waals surface area contributed by atoms with Gasteiger partial charge in [0.2, 0.25) is 0 Å². The van der Waals surface area contributed by atoms with E-state index in [0.717, 1.165) is 6.07 Å². The van der Waals surface area contributed by atoms with Crippen molar-refractivity contribution >= 4 is 12.6 Å². The molecule has 2 rings (SSSR count). The van der Waals surface area contributed by atoms with Crippen LogP contribution in [0.1, 0.15) is 5.56 Å². The Morgan fingerprint density at radius 2 is 1.94 bits per heavy atom. The monoisotopic (exact) mass is 249 g/mol. The highest BCUT2D eigenvalue weighted by Gasteiger charge is 2.17. The molecular weight excluding hydrogens is 239 g/mol. The fraction of sp³-hybridized carbons (Fsp3) is 0.0833. The number of nitrogens with zero attached hydrogens (tertiary/aromatic N) is 1. The van der Waals surface area contributed by atoms with Gasteiger partial charge < -0.3 is 10.0 Å². The zero-order valence-electron chi connectivity index (χ0n) is 9.56. The van der Waals surface area contributed by atoms with Crippen molar-refractivity contribution < 1.29 is 18.8 Å². The molecule has 0 radical (unpaired) electrons. The summed E-state index contributed by atoms with van der Waals surface area (Å²) in [6.07, 6.45) is 1.38. The maximum atomic E-state index is 13.6. The van der Waals surface area contributed by atoms with Crippen LogP contribution in [0.25, 0.3) is 11.3 Å². The molecule has 0 spiro atoms. The smallest absolute Gasteiger partial charge is 0.423 e. The second-order valence-corrected chi connectivity index (χ2v) is 3.90. The lowest BCUT2D eigenvalue weighted by Crippen LogP contribution is -2.32. The van der Waals surface area contributed by atoms with Gasteiger partial charge in [0.05, 0.1) is 5.69 Å². The number of rotatable bonds is 2. The highest BCUT2D eigenvalue weighted by molar-refractivity contribution is 6.59. The van der Waals surface area contributed by atoms with E-state index in [2.05, 4.69) is 4.98 Å². The number of hydrogen-bond acceptors (Lipinski definition) is 3. The largest absolute Gasteiger partial charge is 0.488 e. The van der Waals surface area contributed by atoms with E-state index in [9.17, 15) is 8.78 Å². The summed E-state index contributed by atoms with van der Waals surface area (Å²) < 4.78 is 26.7. The lowest BCUT2D eigenvalue weighted by atomic mass is 9.77. The van der Waals surface area contributed by atoms with Gasteiger partial charge in [-0.15, -0.1) is 0 Å². The van der Waals surface area contributed by atoms with Crippen LogP contribution in [-0.4, -0.2) is 22.2 Å². The molecule has 2 aromatic rings. The SMILES string of the molecule is Cc1cnc(-c2cccc(F)c2F)cc1B(O)O. The van der Waals surface area contributed by atoms with Crippen molar-refractivity contribution in [3.63, 3.8) is 0 Å². The van der Waals surface area contributed by atoms with Gasteiger partial charge in [-0.1, -0.05) is 6.07 Å². The first-order valence-corrected chi connectivity index (χ1v) is 5.27. The Labute approximate surface area is 103 Å². The molecule has 1 aromatic heterocycles. The highest BCUT2D eigenvalue weighted by Crippen LogP contribution is 2.22. The molecule has 6 heteroatoms. The molecule has 0 aliphatic heterocycles. The summed E-state index contributed by atoms with van der Waals surface area (Å²) in [7, 11) is -1.68. The van der Waals surface area contributed by atoms with E-state index < -0.39 is 18.8 Å². The molecule has 18 heavy (non-hydrogen) atoms. The van der Waals surface area contributed by atoms with E-state index in [1.54, 1.807) is 6.92 Å². The van der Waals surface area contributed by atoms with Crippen molar-refractivity contribution in [2.24, 2.45) is 0 Å². The summed E-state index contributed by atoms with van der Waals surface area (Å²) in [5.41, 5.74) is 0.909. The standard InChI is InChI=1S/C12H10BF2NO2/c1-7-6-16-11(5-9(7)13(17)18)8-3-2-4-10(14)12(8)15/h2-6,17-18H,1H3. The third-order valence-electron chi connectivity index (χ3n) is 2.65. The predicted octanol–water partition coefficient (Wildman–Crippen LogP) is 1.02. The molecule has 0 aliphatic rings. The minimum atomic E-state index is -1.68. The molecule has 0 aliphatic carbocycles. The Morgan fingerprint density at radius 3 is 2.61 bits per heavy atom. The Balaban J connectivity index is 2.58. The predicted molar refractivity (Wildman–Crippen MR) is 64.2 cm³/mol. The quantitative estimate of drug-likeness (QED) is 0.781. The van der Waals surface area contributed by atoms with Crippen molar-refractivity contribution in [3.8, 4) is 11.3 Å². The Hall–Kier alpha value is -1.79. The molecule has 0 saturated heterocycles. The second kappa shape index (κ2) is 4.84. The molecule has 3 nitrogen and oxygen atoms in total. The average Bonchev–Trinajstić information content (AvgIpc) is 2.33. The van der Waals surface area contributed by atoms with Crippen molar-refractivity contribution in [2.75, 3.05) is 0 Å². The van der Waals surface area contributed by atoms with Crippen LogP contribution < -0.4 is 5.46 Å². The molecule has 0 atom stereocenters. The summed E-state index contributed by atoms with van der Waals surface area (Å²) in [5, 5.41) is 18.3. The molecular formula is C12H10BF2NO2. The van der Waals surface area contributed by atoms with E-state index in [4.69, 9.17) is 10.0 Å². The molecule has 0 saturated carbocycles. The van der Waals surface area contributed by atoms with E-state index in [0.29, 0.717) is 5.56 Å². The third kappa shape index (κ3) is 2.25.